The van der Waals surface area contributed by atoms with Gasteiger partial charge in [-0.3, -0.25) is 0 Å². The van der Waals surface area contributed by atoms with Gasteiger partial charge in [0.1, 0.15) is 5.75 Å². The van der Waals surface area contributed by atoms with Crippen molar-refractivity contribution in [1.82, 2.24) is 5.32 Å². The molecule has 1 unspecified atom stereocenters. The number of hydrogen-bond acceptors (Lipinski definition) is 2. The van der Waals surface area contributed by atoms with Gasteiger partial charge < -0.3 is 10.1 Å². The van der Waals surface area contributed by atoms with Crippen molar-refractivity contribution in [3.8, 4) is 5.75 Å². The maximum atomic E-state index is 5.42. The molecular formula is C15H22BrNO. The van der Waals surface area contributed by atoms with Crippen molar-refractivity contribution in [1.29, 1.82) is 0 Å². The third-order valence-electron chi connectivity index (χ3n) is 3.67. The molecule has 3 heteroatoms. The number of hydrogen-bond donors (Lipinski definition) is 1. The van der Waals surface area contributed by atoms with Crippen LogP contribution in [0.3, 0.4) is 0 Å². The molecule has 2 nitrogen and oxygen atoms in total. The van der Waals surface area contributed by atoms with Gasteiger partial charge in [-0.2, -0.15) is 0 Å². The van der Waals surface area contributed by atoms with Crippen LogP contribution in [0.4, 0.5) is 0 Å². The zero-order valence-electron chi connectivity index (χ0n) is 11.2. The van der Waals surface area contributed by atoms with Crippen molar-refractivity contribution >= 4 is 15.9 Å². The average molecular weight is 312 g/mol. The molecule has 0 amide bonds. The first-order chi connectivity index (χ1) is 8.69. The quantitative estimate of drug-likeness (QED) is 0.863. The molecule has 1 atom stereocenters. The minimum Gasteiger partial charge on any atom is -0.496 e. The Morgan fingerprint density at radius 1 is 1.44 bits per heavy atom. The first-order valence-electron chi connectivity index (χ1n) is 6.75. The van der Waals surface area contributed by atoms with E-state index in [1.54, 1.807) is 7.11 Å². The Kier molecular flexibility index (Phi) is 5.07. The second kappa shape index (κ2) is 6.58. The van der Waals surface area contributed by atoms with Crippen molar-refractivity contribution in [3.05, 3.63) is 28.2 Å². The Hall–Kier alpha value is -0.540. The number of ether oxygens (including phenoxy) is 1. The van der Waals surface area contributed by atoms with Crippen molar-refractivity contribution in [2.45, 2.75) is 38.6 Å². The van der Waals surface area contributed by atoms with Crippen LogP contribution >= 0.6 is 15.9 Å². The molecule has 2 rings (SSSR count). The SMILES string of the molecule is COc1ccc(Br)cc1CC(C)CNC1CCC1. The molecule has 0 saturated heterocycles. The molecule has 1 aliphatic rings. The molecule has 1 aromatic rings. The van der Waals surface area contributed by atoms with Gasteiger partial charge in [-0.15, -0.1) is 0 Å². The van der Waals surface area contributed by atoms with Crippen LogP contribution in [0.1, 0.15) is 31.7 Å². The molecular weight excluding hydrogens is 290 g/mol. The van der Waals surface area contributed by atoms with Gasteiger partial charge in [0, 0.05) is 10.5 Å². The van der Waals surface area contributed by atoms with Gasteiger partial charge in [-0.25, -0.2) is 0 Å². The van der Waals surface area contributed by atoms with Gasteiger partial charge in [-0.05, 0) is 55.5 Å². The fourth-order valence-electron chi connectivity index (χ4n) is 2.33. The van der Waals surface area contributed by atoms with E-state index in [4.69, 9.17) is 4.74 Å². The summed E-state index contributed by atoms with van der Waals surface area (Å²) in [5.74, 6) is 1.63. The van der Waals surface area contributed by atoms with E-state index in [2.05, 4.69) is 34.2 Å². The Morgan fingerprint density at radius 3 is 2.83 bits per heavy atom. The molecule has 100 valence electrons. The Bertz CT molecular complexity index is 390. The number of nitrogens with one attached hydrogen (secondary N) is 1. The lowest BCUT2D eigenvalue weighted by Gasteiger charge is -2.28. The standard InChI is InChI=1S/C15H22BrNO/c1-11(10-17-14-4-3-5-14)8-12-9-13(16)6-7-15(12)18-2/h6-7,9,11,14,17H,3-5,8,10H2,1-2H3. The van der Waals surface area contributed by atoms with Gasteiger partial charge in [0.05, 0.1) is 7.11 Å². The summed E-state index contributed by atoms with van der Waals surface area (Å²) < 4.78 is 6.54. The van der Waals surface area contributed by atoms with E-state index in [1.165, 1.54) is 24.8 Å². The molecule has 18 heavy (non-hydrogen) atoms. The summed E-state index contributed by atoms with van der Waals surface area (Å²) in [5, 5.41) is 3.64. The van der Waals surface area contributed by atoms with E-state index < -0.39 is 0 Å². The van der Waals surface area contributed by atoms with Crippen LogP contribution < -0.4 is 10.1 Å². The Labute approximate surface area is 118 Å². The van der Waals surface area contributed by atoms with Crippen LogP contribution in [0.15, 0.2) is 22.7 Å². The lowest BCUT2D eigenvalue weighted by atomic mass is 9.92. The van der Waals surface area contributed by atoms with Gasteiger partial charge in [0.25, 0.3) is 0 Å². The summed E-state index contributed by atoms with van der Waals surface area (Å²) in [6.45, 7) is 3.40. The molecule has 0 spiro atoms. The number of benzene rings is 1. The van der Waals surface area contributed by atoms with Gasteiger partial charge in [0.2, 0.25) is 0 Å². The van der Waals surface area contributed by atoms with E-state index >= 15 is 0 Å². The van der Waals surface area contributed by atoms with E-state index in [9.17, 15) is 0 Å². The van der Waals surface area contributed by atoms with E-state index in [1.807, 2.05) is 12.1 Å². The molecule has 1 aromatic carbocycles. The molecule has 1 N–H and O–H groups in total. The highest BCUT2D eigenvalue weighted by molar-refractivity contribution is 9.10. The van der Waals surface area contributed by atoms with E-state index in [0.717, 1.165) is 29.2 Å². The smallest absolute Gasteiger partial charge is 0.122 e. The van der Waals surface area contributed by atoms with Crippen molar-refractivity contribution in [3.63, 3.8) is 0 Å². The lowest BCUT2D eigenvalue weighted by molar-refractivity contribution is 0.319. The summed E-state index contributed by atoms with van der Waals surface area (Å²) >= 11 is 3.53. The maximum absolute atomic E-state index is 5.42. The lowest BCUT2D eigenvalue weighted by Crippen LogP contribution is -2.38. The second-order valence-electron chi connectivity index (χ2n) is 5.30. The predicted octanol–water partition coefficient (Wildman–Crippen LogP) is 3.78. The van der Waals surface area contributed by atoms with Crippen LogP contribution in [0.2, 0.25) is 0 Å². The molecule has 0 heterocycles. The fourth-order valence-corrected chi connectivity index (χ4v) is 2.74. The zero-order chi connectivity index (χ0) is 13.0. The Morgan fingerprint density at radius 2 is 2.22 bits per heavy atom. The van der Waals surface area contributed by atoms with Gasteiger partial charge >= 0.3 is 0 Å². The molecule has 1 saturated carbocycles. The highest BCUT2D eigenvalue weighted by Gasteiger charge is 2.17. The number of halogens is 1. The van der Waals surface area contributed by atoms with Crippen LogP contribution in [-0.4, -0.2) is 19.7 Å². The third kappa shape index (κ3) is 3.72. The van der Waals surface area contributed by atoms with Crippen molar-refractivity contribution in [2.75, 3.05) is 13.7 Å². The molecule has 0 aliphatic heterocycles. The molecule has 1 aliphatic carbocycles. The van der Waals surface area contributed by atoms with Crippen LogP contribution in [0, 0.1) is 5.92 Å². The maximum Gasteiger partial charge on any atom is 0.122 e. The largest absolute Gasteiger partial charge is 0.496 e. The van der Waals surface area contributed by atoms with Gasteiger partial charge in [0.15, 0.2) is 0 Å². The molecule has 0 aromatic heterocycles. The van der Waals surface area contributed by atoms with Gasteiger partial charge in [-0.1, -0.05) is 29.3 Å². The average Bonchev–Trinajstić information content (AvgIpc) is 2.27. The second-order valence-corrected chi connectivity index (χ2v) is 6.22. The monoisotopic (exact) mass is 311 g/mol. The molecule has 1 fully saturated rings. The fraction of sp³-hybridized carbons (Fsp3) is 0.600. The summed E-state index contributed by atoms with van der Waals surface area (Å²) in [7, 11) is 1.74. The molecule has 0 bridgehead atoms. The van der Waals surface area contributed by atoms with E-state index in [0.29, 0.717) is 5.92 Å². The number of methoxy groups -OCH3 is 1. The van der Waals surface area contributed by atoms with Crippen LogP contribution in [-0.2, 0) is 6.42 Å². The summed E-state index contributed by atoms with van der Waals surface area (Å²) in [6, 6.07) is 7.00. The predicted molar refractivity (Wildman–Crippen MR) is 79.2 cm³/mol. The molecule has 0 radical (unpaired) electrons. The van der Waals surface area contributed by atoms with Crippen molar-refractivity contribution in [2.24, 2.45) is 5.92 Å². The van der Waals surface area contributed by atoms with Crippen molar-refractivity contribution < 1.29 is 4.74 Å². The minimum atomic E-state index is 0.633. The topological polar surface area (TPSA) is 21.3 Å². The normalized spacial score (nSPS) is 17.3. The van der Waals surface area contributed by atoms with E-state index in [-0.39, 0.29) is 0 Å². The first kappa shape index (κ1) is 13.9. The highest BCUT2D eigenvalue weighted by atomic mass is 79.9. The Balaban J connectivity index is 1.88. The summed E-state index contributed by atoms with van der Waals surface area (Å²) in [5.41, 5.74) is 1.29. The minimum absolute atomic E-state index is 0.633. The van der Waals surface area contributed by atoms with Crippen LogP contribution in [0.25, 0.3) is 0 Å². The first-order valence-corrected chi connectivity index (χ1v) is 7.54. The number of rotatable bonds is 6. The summed E-state index contributed by atoms with van der Waals surface area (Å²) in [6.07, 6.45) is 5.16. The highest BCUT2D eigenvalue weighted by Crippen LogP contribution is 2.25. The zero-order valence-corrected chi connectivity index (χ0v) is 12.8. The third-order valence-corrected chi connectivity index (χ3v) is 4.16. The van der Waals surface area contributed by atoms with Crippen LogP contribution in [0.5, 0.6) is 5.75 Å². The summed E-state index contributed by atoms with van der Waals surface area (Å²) in [4.78, 5) is 0.